The van der Waals surface area contributed by atoms with Gasteiger partial charge in [0.1, 0.15) is 35.1 Å². The van der Waals surface area contributed by atoms with Crippen molar-refractivity contribution < 1.29 is 24.5 Å². The van der Waals surface area contributed by atoms with Gasteiger partial charge in [-0.1, -0.05) is 30.3 Å². The van der Waals surface area contributed by atoms with Crippen molar-refractivity contribution in [1.82, 2.24) is 0 Å². The van der Waals surface area contributed by atoms with E-state index in [-0.39, 0.29) is 5.75 Å². The lowest BCUT2D eigenvalue weighted by Gasteiger charge is -2.23. The molecule has 0 aliphatic heterocycles. The molecule has 0 bridgehead atoms. The minimum Gasteiger partial charge on any atom is -0.508 e. The van der Waals surface area contributed by atoms with Gasteiger partial charge in [0.05, 0.1) is 0 Å². The lowest BCUT2D eigenvalue weighted by Crippen LogP contribution is -2.39. The van der Waals surface area contributed by atoms with Crippen LogP contribution in [0.2, 0.25) is 0 Å². The van der Waals surface area contributed by atoms with Gasteiger partial charge in [0.25, 0.3) is 0 Å². The van der Waals surface area contributed by atoms with Gasteiger partial charge >= 0.3 is 5.97 Å². The molecule has 0 radical (unpaired) electrons. The molecular weight excluding hydrogens is 346 g/mol. The highest BCUT2D eigenvalue weighted by atomic mass is 16.5. The molecule has 3 aromatic rings. The highest BCUT2D eigenvalue weighted by Gasteiger charge is 2.27. The van der Waals surface area contributed by atoms with Crippen LogP contribution in [0.15, 0.2) is 78.9 Å². The van der Waals surface area contributed by atoms with E-state index in [1.165, 1.54) is 12.1 Å². The Bertz CT molecular complexity index is 879. The van der Waals surface area contributed by atoms with Crippen LogP contribution in [-0.2, 0) is 4.79 Å². The van der Waals surface area contributed by atoms with Crippen LogP contribution in [0.5, 0.6) is 23.0 Å². The Hall–Kier alpha value is -3.51. The molecule has 2 atom stereocenters. The number of rotatable bonds is 7. The van der Waals surface area contributed by atoms with Gasteiger partial charge < -0.3 is 25.4 Å². The average molecular weight is 365 g/mol. The molecule has 27 heavy (non-hydrogen) atoms. The first kappa shape index (κ1) is 18.3. The molecular formula is C21H19NO5. The number of carboxylic acids is 1. The molecule has 0 aromatic heterocycles. The molecule has 0 amide bonds. The Morgan fingerprint density at radius 3 is 1.89 bits per heavy atom. The number of aliphatic carboxylic acids is 1. The minimum atomic E-state index is -1.21. The van der Waals surface area contributed by atoms with Gasteiger partial charge in [-0.15, -0.1) is 0 Å². The normalized spacial score (nSPS) is 12.8. The van der Waals surface area contributed by atoms with Crippen LogP contribution in [0.3, 0.4) is 0 Å². The van der Waals surface area contributed by atoms with Gasteiger partial charge in [-0.3, -0.25) is 4.79 Å². The zero-order valence-corrected chi connectivity index (χ0v) is 14.4. The summed E-state index contributed by atoms with van der Waals surface area (Å²) in [5.41, 5.74) is 6.49. The van der Waals surface area contributed by atoms with Crippen molar-refractivity contribution in [1.29, 1.82) is 0 Å². The number of benzene rings is 3. The number of hydrogen-bond acceptors (Lipinski definition) is 5. The molecule has 6 heteroatoms. The molecule has 0 aliphatic carbocycles. The van der Waals surface area contributed by atoms with Crippen LogP contribution in [0, 0.1) is 0 Å². The second kappa shape index (κ2) is 8.25. The predicted octanol–water partition coefficient (Wildman–Crippen LogP) is 3.72. The van der Waals surface area contributed by atoms with Crippen LogP contribution in [0.4, 0.5) is 0 Å². The maximum absolute atomic E-state index is 11.3. The minimum absolute atomic E-state index is 0.160. The van der Waals surface area contributed by atoms with E-state index in [1.54, 1.807) is 60.7 Å². The SMILES string of the molecule is N[C@H](C(=O)O)C(Oc1ccc(Oc2ccc(O)cc2)cc1)c1ccccc1. The molecule has 0 fully saturated rings. The van der Waals surface area contributed by atoms with E-state index in [9.17, 15) is 15.0 Å². The highest BCUT2D eigenvalue weighted by Crippen LogP contribution is 2.28. The molecule has 3 rings (SSSR count). The van der Waals surface area contributed by atoms with Gasteiger partial charge in [0.2, 0.25) is 0 Å². The number of hydrogen-bond donors (Lipinski definition) is 3. The fourth-order valence-electron chi connectivity index (χ4n) is 2.50. The Labute approximate surface area is 156 Å². The zero-order chi connectivity index (χ0) is 19.2. The number of phenolic OH excluding ortho intramolecular Hbond substituents is 1. The maximum Gasteiger partial charge on any atom is 0.324 e. The van der Waals surface area contributed by atoms with Crippen LogP contribution < -0.4 is 15.2 Å². The Morgan fingerprint density at radius 2 is 1.33 bits per heavy atom. The Balaban J connectivity index is 1.74. The monoisotopic (exact) mass is 365 g/mol. The van der Waals surface area contributed by atoms with Crippen LogP contribution in [-0.4, -0.2) is 22.2 Å². The smallest absolute Gasteiger partial charge is 0.324 e. The molecule has 3 aromatic carbocycles. The summed E-state index contributed by atoms with van der Waals surface area (Å²) in [4.78, 5) is 11.3. The third-order valence-electron chi connectivity index (χ3n) is 3.90. The molecule has 0 spiro atoms. The van der Waals surface area contributed by atoms with Crippen molar-refractivity contribution >= 4 is 5.97 Å². The van der Waals surface area contributed by atoms with E-state index >= 15 is 0 Å². The summed E-state index contributed by atoms with van der Waals surface area (Å²) in [6.45, 7) is 0. The molecule has 0 heterocycles. The molecule has 0 aliphatic rings. The van der Waals surface area contributed by atoms with Gasteiger partial charge in [-0.2, -0.15) is 0 Å². The van der Waals surface area contributed by atoms with Gasteiger partial charge in [-0.25, -0.2) is 0 Å². The lowest BCUT2D eigenvalue weighted by atomic mass is 10.0. The molecule has 0 saturated carbocycles. The molecule has 1 unspecified atom stereocenters. The van der Waals surface area contributed by atoms with E-state index in [4.69, 9.17) is 15.2 Å². The fraction of sp³-hybridized carbons (Fsp3) is 0.0952. The summed E-state index contributed by atoms with van der Waals surface area (Å²) in [6.07, 6.45) is -0.826. The molecule has 138 valence electrons. The topological polar surface area (TPSA) is 102 Å². The van der Waals surface area contributed by atoms with E-state index in [2.05, 4.69) is 0 Å². The summed E-state index contributed by atoms with van der Waals surface area (Å²) in [6, 6.07) is 20.9. The molecule has 6 nitrogen and oxygen atoms in total. The third-order valence-corrected chi connectivity index (χ3v) is 3.90. The summed E-state index contributed by atoms with van der Waals surface area (Å²) in [5.74, 6) is 0.644. The summed E-state index contributed by atoms with van der Waals surface area (Å²) in [5, 5.41) is 18.6. The largest absolute Gasteiger partial charge is 0.508 e. The van der Waals surface area contributed by atoms with Gasteiger partial charge in [0.15, 0.2) is 0 Å². The standard InChI is InChI=1S/C21H19NO5/c22-19(21(24)25)20(14-4-2-1-3-5-14)27-18-12-10-17(11-13-18)26-16-8-6-15(23)7-9-16/h1-13,19-20,23H,22H2,(H,24,25)/t19-,20?/m0/s1. The number of ether oxygens (including phenoxy) is 2. The van der Waals surface area contributed by atoms with E-state index in [0.29, 0.717) is 22.8 Å². The Kier molecular flexibility index (Phi) is 5.58. The van der Waals surface area contributed by atoms with E-state index in [1.807, 2.05) is 6.07 Å². The van der Waals surface area contributed by atoms with Crippen molar-refractivity contribution in [3.05, 3.63) is 84.4 Å². The maximum atomic E-state index is 11.3. The third kappa shape index (κ3) is 4.77. The summed E-state index contributed by atoms with van der Waals surface area (Å²) < 4.78 is 11.5. The van der Waals surface area contributed by atoms with Crippen molar-refractivity contribution in [2.75, 3.05) is 0 Å². The van der Waals surface area contributed by atoms with E-state index < -0.39 is 18.1 Å². The number of phenols is 1. The summed E-state index contributed by atoms with van der Waals surface area (Å²) in [7, 11) is 0. The zero-order valence-electron chi connectivity index (χ0n) is 14.4. The average Bonchev–Trinajstić information content (AvgIpc) is 2.69. The van der Waals surface area contributed by atoms with Crippen molar-refractivity contribution in [3.8, 4) is 23.0 Å². The molecule has 4 N–H and O–H groups in total. The van der Waals surface area contributed by atoms with Crippen LogP contribution >= 0.6 is 0 Å². The second-order valence-electron chi connectivity index (χ2n) is 5.88. The van der Waals surface area contributed by atoms with Gasteiger partial charge in [-0.05, 0) is 54.1 Å². The summed E-state index contributed by atoms with van der Waals surface area (Å²) >= 11 is 0. The number of nitrogens with two attached hydrogens (primary N) is 1. The van der Waals surface area contributed by atoms with Gasteiger partial charge in [0, 0.05) is 0 Å². The van der Waals surface area contributed by atoms with Crippen molar-refractivity contribution in [2.24, 2.45) is 5.73 Å². The number of carboxylic acid groups (broad SMARTS) is 1. The number of carbonyl (C=O) groups is 1. The first-order chi connectivity index (χ1) is 13.0. The van der Waals surface area contributed by atoms with Crippen LogP contribution in [0.1, 0.15) is 11.7 Å². The fourth-order valence-corrected chi connectivity index (χ4v) is 2.50. The first-order valence-corrected chi connectivity index (χ1v) is 8.30. The van der Waals surface area contributed by atoms with E-state index in [0.717, 1.165) is 0 Å². The Morgan fingerprint density at radius 1 is 0.815 bits per heavy atom. The van der Waals surface area contributed by atoms with Crippen molar-refractivity contribution in [3.63, 3.8) is 0 Å². The quantitative estimate of drug-likeness (QED) is 0.590. The second-order valence-corrected chi connectivity index (χ2v) is 5.88. The lowest BCUT2D eigenvalue weighted by molar-refractivity contribution is -0.140. The van der Waals surface area contributed by atoms with Crippen molar-refractivity contribution in [2.45, 2.75) is 12.1 Å². The highest BCUT2D eigenvalue weighted by molar-refractivity contribution is 5.74. The molecule has 0 saturated heterocycles. The first-order valence-electron chi connectivity index (χ1n) is 8.30. The predicted molar refractivity (Wildman–Crippen MR) is 100 cm³/mol. The number of aromatic hydroxyl groups is 1. The van der Waals surface area contributed by atoms with Crippen LogP contribution in [0.25, 0.3) is 0 Å².